The number of allylic oxidation sites excluding steroid dienone is 8. The predicted octanol–water partition coefficient (Wildman–Crippen LogP) is 9.59. The minimum atomic E-state index is -0.440. The summed E-state index contributed by atoms with van der Waals surface area (Å²) in [5.74, 6) is -1.76. The molecule has 50 heavy (non-hydrogen) atoms. The lowest BCUT2D eigenvalue weighted by Gasteiger charge is -2.37. The number of anilines is 2. The topological polar surface area (TPSA) is 74.8 Å². The zero-order valence-corrected chi connectivity index (χ0v) is 29.7. The van der Waals surface area contributed by atoms with Crippen molar-refractivity contribution in [3.63, 3.8) is 0 Å². The molecule has 0 unspecified atom stereocenters. The Bertz CT molecular complexity index is 2190. The Labute approximate surface area is 292 Å². The number of imide groups is 2. The SMILES string of the molecule is Cc1cc(C2=CC=CC2)cc(C)c1N1C(=O)c2c(C)c(C)c3c4c(c(C)c(C)c(c24)C1=O)C(=O)N(c1c(C)cc(C2=CC=CC2)cc1C)C3=O. The molecule has 0 saturated heterocycles. The average molecular weight is 659 g/mol. The molecule has 0 atom stereocenters. The molecule has 2 aliphatic carbocycles. The summed E-state index contributed by atoms with van der Waals surface area (Å²) in [6.45, 7) is 15.1. The van der Waals surface area contributed by atoms with Gasteiger partial charge in [-0.15, -0.1) is 0 Å². The fourth-order valence-electron chi connectivity index (χ4n) is 8.67. The van der Waals surface area contributed by atoms with Crippen LogP contribution in [0.5, 0.6) is 0 Å². The van der Waals surface area contributed by atoms with E-state index in [-0.39, 0.29) is 0 Å². The minimum absolute atomic E-state index is 0.370. The maximum Gasteiger partial charge on any atom is 0.266 e. The Balaban J connectivity index is 1.34. The van der Waals surface area contributed by atoms with Crippen molar-refractivity contribution in [2.75, 3.05) is 9.80 Å². The Kier molecular flexibility index (Phi) is 6.92. The van der Waals surface area contributed by atoms with Gasteiger partial charge in [-0.2, -0.15) is 0 Å². The quantitative estimate of drug-likeness (QED) is 0.205. The Morgan fingerprint density at radius 1 is 0.440 bits per heavy atom. The Morgan fingerprint density at radius 3 is 0.960 bits per heavy atom. The third-order valence-electron chi connectivity index (χ3n) is 11.3. The van der Waals surface area contributed by atoms with E-state index in [4.69, 9.17) is 0 Å². The fraction of sp³-hybridized carbons (Fsp3) is 0.227. The van der Waals surface area contributed by atoms with Crippen molar-refractivity contribution in [2.24, 2.45) is 0 Å². The molecule has 0 spiro atoms. The first kappa shape index (κ1) is 31.6. The number of carbonyl (C=O) groups is 4. The van der Waals surface area contributed by atoms with Crippen molar-refractivity contribution in [3.8, 4) is 0 Å². The number of hydrogen-bond acceptors (Lipinski definition) is 4. The van der Waals surface area contributed by atoms with Crippen LogP contribution in [-0.4, -0.2) is 23.6 Å². The van der Waals surface area contributed by atoms with E-state index in [0.717, 1.165) is 46.2 Å². The van der Waals surface area contributed by atoms with Gasteiger partial charge in [0.15, 0.2) is 0 Å². The van der Waals surface area contributed by atoms with Crippen molar-refractivity contribution in [3.05, 3.63) is 139 Å². The highest BCUT2D eigenvalue weighted by Crippen LogP contribution is 2.47. The maximum atomic E-state index is 14.7. The van der Waals surface area contributed by atoms with E-state index >= 15 is 0 Å². The van der Waals surface area contributed by atoms with E-state index in [2.05, 4.69) is 24.3 Å². The van der Waals surface area contributed by atoms with Crippen LogP contribution in [0.4, 0.5) is 11.4 Å². The largest absolute Gasteiger partial charge is 0.268 e. The van der Waals surface area contributed by atoms with Crippen LogP contribution in [0.1, 0.15) is 110 Å². The summed E-state index contributed by atoms with van der Waals surface area (Å²) in [4.78, 5) is 61.6. The van der Waals surface area contributed by atoms with Crippen LogP contribution >= 0.6 is 0 Å². The zero-order chi connectivity index (χ0) is 35.5. The third-order valence-corrected chi connectivity index (χ3v) is 11.3. The summed E-state index contributed by atoms with van der Waals surface area (Å²) in [6.07, 6.45) is 14.2. The summed E-state index contributed by atoms with van der Waals surface area (Å²) in [7, 11) is 0. The second kappa shape index (κ2) is 10.9. The van der Waals surface area contributed by atoms with Gasteiger partial charge in [-0.3, -0.25) is 19.2 Å². The molecule has 4 aromatic carbocycles. The van der Waals surface area contributed by atoms with Gasteiger partial charge in [0.25, 0.3) is 23.6 Å². The first-order valence-electron chi connectivity index (χ1n) is 17.2. The average Bonchev–Trinajstić information content (AvgIpc) is 3.80. The predicted molar refractivity (Wildman–Crippen MR) is 200 cm³/mol. The highest BCUT2D eigenvalue weighted by Gasteiger charge is 2.45. The second-order valence-corrected chi connectivity index (χ2v) is 14.2. The molecule has 4 amide bonds. The van der Waals surface area contributed by atoms with Crippen LogP contribution in [0.3, 0.4) is 0 Å². The van der Waals surface area contributed by atoms with E-state index in [9.17, 15) is 19.2 Å². The maximum absolute atomic E-state index is 14.7. The van der Waals surface area contributed by atoms with Crippen LogP contribution in [0.25, 0.3) is 21.9 Å². The minimum Gasteiger partial charge on any atom is -0.268 e. The first-order valence-corrected chi connectivity index (χ1v) is 17.2. The number of benzene rings is 4. The van der Waals surface area contributed by atoms with Gasteiger partial charge in [-0.1, -0.05) is 36.5 Å². The summed E-state index contributed by atoms with van der Waals surface area (Å²) in [6, 6.07) is 8.16. The number of rotatable bonds is 4. The Hall–Kier alpha value is -5.62. The molecule has 0 N–H and O–H groups in total. The molecule has 0 saturated carbocycles. The van der Waals surface area contributed by atoms with Crippen LogP contribution < -0.4 is 9.80 Å². The molecule has 2 aliphatic heterocycles. The molecule has 6 heteroatoms. The molecule has 0 radical (unpaired) electrons. The molecule has 2 heterocycles. The van der Waals surface area contributed by atoms with E-state index in [1.165, 1.54) is 20.9 Å². The lowest BCUT2D eigenvalue weighted by molar-refractivity contribution is 0.0871. The van der Waals surface area contributed by atoms with E-state index < -0.39 is 23.6 Å². The molecule has 6 nitrogen and oxygen atoms in total. The van der Waals surface area contributed by atoms with Gasteiger partial charge in [0, 0.05) is 10.8 Å². The normalized spacial score (nSPS) is 16.4. The van der Waals surface area contributed by atoms with Gasteiger partial charge in [-0.25, -0.2) is 9.80 Å². The highest BCUT2D eigenvalue weighted by molar-refractivity contribution is 6.44. The molecule has 0 fully saturated rings. The number of hydrogen-bond donors (Lipinski definition) is 0. The molecule has 4 aliphatic rings. The lowest BCUT2D eigenvalue weighted by atomic mass is 9.77. The number of aryl methyl sites for hydroxylation is 4. The summed E-state index contributed by atoms with van der Waals surface area (Å²) in [5.41, 5.74) is 13.0. The van der Waals surface area contributed by atoms with Crippen molar-refractivity contribution >= 4 is 56.9 Å². The van der Waals surface area contributed by atoms with E-state index in [1.807, 2.05) is 91.8 Å². The van der Waals surface area contributed by atoms with Gasteiger partial charge in [0.1, 0.15) is 0 Å². The fourth-order valence-corrected chi connectivity index (χ4v) is 8.67. The second-order valence-electron chi connectivity index (χ2n) is 14.2. The smallest absolute Gasteiger partial charge is 0.266 e. The van der Waals surface area contributed by atoms with Crippen molar-refractivity contribution in [1.29, 1.82) is 0 Å². The van der Waals surface area contributed by atoms with Gasteiger partial charge >= 0.3 is 0 Å². The van der Waals surface area contributed by atoms with Crippen LogP contribution in [0.15, 0.2) is 60.7 Å². The van der Waals surface area contributed by atoms with Crippen molar-refractivity contribution in [2.45, 2.75) is 68.2 Å². The van der Waals surface area contributed by atoms with Gasteiger partial charge < -0.3 is 0 Å². The summed E-state index contributed by atoms with van der Waals surface area (Å²) >= 11 is 0. The molecule has 4 aromatic rings. The molecular formula is C44H38N2O4. The van der Waals surface area contributed by atoms with E-state index in [1.54, 1.807) is 0 Å². The van der Waals surface area contributed by atoms with Crippen molar-refractivity contribution < 1.29 is 19.2 Å². The van der Waals surface area contributed by atoms with Crippen LogP contribution in [-0.2, 0) is 0 Å². The number of carbonyl (C=O) groups excluding carboxylic acids is 4. The molecule has 0 aromatic heterocycles. The number of amides is 4. The molecular weight excluding hydrogens is 620 g/mol. The van der Waals surface area contributed by atoms with E-state index in [0.29, 0.717) is 66.7 Å². The first-order chi connectivity index (χ1) is 23.8. The molecule has 8 rings (SSSR count). The monoisotopic (exact) mass is 658 g/mol. The third kappa shape index (κ3) is 4.14. The summed E-state index contributed by atoms with van der Waals surface area (Å²) in [5, 5.41) is 0.819. The molecule has 248 valence electrons. The highest BCUT2D eigenvalue weighted by atomic mass is 16.2. The standard InChI is InChI=1S/C44H38N2O4/c1-21-17-31(29-13-9-10-14-29)18-22(2)39(21)45-41(47)33-25(5)27(7)35-38-36(28(8)26(6)34(37(33)38)42(45)48)44(50)46(43(35)49)40-23(3)19-32(20-24(40)4)30-15-11-12-16-30/h9-13,15,17-20H,14,16H2,1-8H3. The number of nitrogens with zero attached hydrogens (tertiary/aromatic N) is 2. The van der Waals surface area contributed by atoms with Gasteiger partial charge in [-0.05, 0) is 159 Å². The Morgan fingerprint density at radius 2 is 0.720 bits per heavy atom. The molecule has 0 bridgehead atoms. The zero-order valence-electron chi connectivity index (χ0n) is 29.7. The van der Waals surface area contributed by atoms with Crippen LogP contribution in [0.2, 0.25) is 0 Å². The summed E-state index contributed by atoms with van der Waals surface area (Å²) < 4.78 is 0. The van der Waals surface area contributed by atoms with Gasteiger partial charge in [0.2, 0.25) is 0 Å². The van der Waals surface area contributed by atoms with Gasteiger partial charge in [0.05, 0.1) is 33.6 Å². The van der Waals surface area contributed by atoms with Crippen LogP contribution in [0, 0.1) is 55.4 Å². The van der Waals surface area contributed by atoms with Crippen molar-refractivity contribution in [1.82, 2.24) is 0 Å². The lowest BCUT2D eigenvalue weighted by Crippen LogP contribution is -2.46.